The minimum absolute atomic E-state index is 0.00235. The monoisotopic (exact) mass is 389 g/mol. The Morgan fingerprint density at radius 3 is 2.76 bits per heavy atom. The largest absolute Gasteiger partial charge is 0.378 e. The molecular weight excluding hydrogens is 366 g/mol. The summed E-state index contributed by atoms with van der Waals surface area (Å²) < 4.78 is 0. The van der Waals surface area contributed by atoms with E-state index in [1.165, 1.54) is 6.07 Å². The fourth-order valence-corrected chi connectivity index (χ4v) is 4.99. The van der Waals surface area contributed by atoms with Crippen molar-refractivity contribution in [3.63, 3.8) is 0 Å². The Kier molecular flexibility index (Phi) is 4.34. The first-order valence-electron chi connectivity index (χ1n) is 10.2. The zero-order valence-corrected chi connectivity index (χ0v) is 16.1. The normalized spacial score (nSPS) is 24.7. The van der Waals surface area contributed by atoms with Crippen LogP contribution in [0.4, 0.5) is 11.4 Å². The Hall–Kier alpha value is -3.15. The average Bonchev–Trinajstić information content (AvgIpc) is 3.44. The van der Waals surface area contributed by atoms with Gasteiger partial charge in [0.25, 0.3) is 11.6 Å². The van der Waals surface area contributed by atoms with E-state index in [0.717, 1.165) is 54.7 Å². The molecule has 1 fully saturated rings. The van der Waals surface area contributed by atoms with Crippen LogP contribution in [-0.4, -0.2) is 28.8 Å². The highest BCUT2D eigenvalue weighted by atomic mass is 16.6. The summed E-state index contributed by atoms with van der Waals surface area (Å²) in [6.45, 7) is 1.68. The SMILES string of the molecule is O=C(c1ccc2c(c1)C1C=CCC1C(c1cccc([N+](=O)[O-])c1)N2)N1CCCC1. The Morgan fingerprint density at radius 1 is 1.14 bits per heavy atom. The number of hydrogen-bond donors (Lipinski definition) is 1. The molecule has 29 heavy (non-hydrogen) atoms. The van der Waals surface area contributed by atoms with Gasteiger partial charge in [0.05, 0.1) is 11.0 Å². The molecule has 148 valence electrons. The van der Waals surface area contributed by atoms with Crippen LogP contribution in [0.3, 0.4) is 0 Å². The number of rotatable bonds is 3. The molecule has 0 bridgehead atoms. The first kappa shape index (κ1) is 17.9. The van der Waals surface area contributed by atoms with Crippen molar-refractivity contribution in [2.24, 2.45) is 5.92 Å². The number of anilines is 1. The number of nitrogens with zero attached hydrogens (tertiary/aromatic N) is 2. The van der Waals surface area contributed by atoms with Gasteiger partial charge in [-0.1, -0.05) is 24.3 Å². The molecule has 1 saturated heterocycles. The fraction of sp³-hybridized carbons (Fsp3) is 0.348. The number of allylic oxidation sites excluding steroid dienone is 2. The summed E-state index contributed by atoms with van der Waals surface area (Å²) >= 11 is 0. The summed E-state index contributed by atoms with van der Waals surface area (Å²) in [6, 6.07) is 12.8. The Bertz CT molecular complexity index is 1010. The van der Waals surface area contributed by atoms with Crippen LogP contribution >= 0.6 is 0 Å². The second kappa shape index (κ2) is 7.03. The van der Waals surface area contributed by atoms with E-state index >= 15 is 0 Å². The van der Waals surface area contributed by atoms with Gasteiger partial charge >= 0.3 is 0 Å². The van der Waals surface area contributed by atoms with Gasteiger partial charge in [-0.2, -0.15) is 0 Å². The number of carbonyl (C=O) groups excluding carboxylic acids is 1. The van der Waals surface area contributed by atoms with Gasteiger partial charge in [0.2, 0.25) is 0 Å². The maximum atomic E-state index is 12.8. The number of fused-ring (bicyclic) bond motifs is 3. The molecule has 1 N–H and O–H groups in total. The molecule has 3 atom stereocenters. The number of benzene rings is 2. The van der Waals surface area contributed by atoms with E-state index in [1.54, 1.807) is 12.1 Å². The van der Waals surface area contributed by atoms with Crippen molar-refractivity contribution in [3.8, 4) is 0 Å². The summed E-state index contributed by atoms with van der Waals surface area (Å²) in [5.74, 6) is 0.605. The molecule has 3 unspecified atom stereocenters. The summed E-state index contributed by atoms with van der Waals surface area (Å²) in [5.41, 5.74) is 3.95. The molecule has 6 nitrogen and oxygen atoms in total. The van der Waals surface area contributed by atoms with Crippen molar-refractivity contribution < 1.29 is 9.72 Å². The molecule has 2 heterocycles. The third kappa shape index (κ3) is 3.09. The van der Waals surface area contributed by atoms with Gasteiger partial charge < -0.3 is 10.2 Å². The molecule has 3 aliphatic rings. The van der Waals surface area contributed by atoms with Crippen LogP contribution in [0.1, 0.15) is 52.7 Å². The number of likely N-dealkylation sites (tertiary alicyclic amines) is 1. The van der Waals surface area contributed by atoms with E-state index in [2.05, 4.69) is 17.5 Å². The van der Waals surface area contributed by atoms with E-state index in [9.17, 15) is 14.9 Å². The minimum atomic E-state index is -0.346. The van der Waals surface area contributed by atoms with Crippen molar-refractivity contribution in [1.29, 1.82) is 0 Å². The van der Waals surface area contributed by atoms with Crippen molar-refractivity contribution in [1.82, 2.24) is 4.90 Å². The topological polar surface area (TPSA) is 75.5 Å². The lowest BCUT2D eigenvalue weighted by Crippen LogP contribution is -2.30. The second-order valence-corrected chi connectivity index (χ2v) is 8.13. The van der Waals surface area contributed by atoms with E-state index in [0.29, 0.717) is 0 Å². The summed E-state index contributed by atoms with van der Waals surface area (Å²) in [7, 11) is 0. The van der Waals surface area contributed by atoms with Gasteiger partial charge in [0.15, 0.2) is 0 Å². The Balaban J connectivity index is 1.49. The molecule has 6 heteroatoms. The molecule has 2 aromatic carbocycles. The molecule has 1 aliphatic carbocycles. The van der Waals surface area contributed by atoms with Crippen molar-refractivity contribution in [2.45, 2.75) is 31.2 Å². The first-order chi connectivity index (χ1) is 14.1. The highest BCUT2D eigenvalue weighted by Crippen LogP contribution is 2.50. The number of amides is 1. The zero-order valence-electron chi connectivity index (χ0n) is 16.1. The molecule has 0 saturated carbocycles. The number of non-ortho nitro benzene ring substituents is 1. The smallest absolute Gasteiger partial charge is 0.269 e. The van der Waals surface area contributed by atoms with Crippen molar-refractivity contribution >= 4 is 17.3 Å². The van der Waals surface area contributed by atoms with Gasteiger partial charge in [-0.05, 0) is 54.5 Å². The maximum absolute atomic E-state index is 12.8. The van der Waals surface area contributed by atoms with E-state index < -0.39 is 0 Å². The highest BCUT2D eigenvalue weighted by molar-refractivity contribution is 5.95. The van der Waals surface area contributed by atoms with E-state index in [-0.39, 0.29) is 34.4 Å². The van der Waals surface area contributed by atoms with Crippen molar-refractivity contribution in [2.75, 3.05) is 18.4 Å². The summed E-state index contributed by atoms with van der Waals surface area (Å²) in [6.07, 6.45) is 7.48. The number of nitro benzene ring substituents is 1. The number of hydrogen-bond acceptors (Lipinski definition) is 4. The lowest BCUT2D eigenvalue weighted by molar-refractivity contribution is -0.384. The lowest BCUT2D eigenvalue weighted by Gasteiger charge is -2.37. The maximum Gasteiger partial charge on any atom is 0.269 e. The number of nitrogens with one attached hydrogen (secondary N) is 1. The van der Waals surface area contributed by atoms with Gasteiger partial charge in [-0.15, -0.1) is 0 Å². The standard InChI is InChI=1S/C23H23N3O3/c27-23(25-11-1-2-12-25)16-9-10-21-20(14-16)18-7-4-8-19(18)22(24-21)15-5-3-6-17(13-15)26(28)29/h3-7,9-10,13-14,18-19,22,24H,1-2,8,11-12H2. The van der Waals surface area contributed by atoms with Crippen LogP contribution in [0.2, 0.25) is 0 Å². The molecule has 0 aromatic heterocycles. The van der Waals surface area contributed by atoms with Gasteiger partial charge in [-0.3, -0.25) is 14.9 Å². The first-order valence-corrected chi connectivity index (χ1v) is 10.2. The summed E-state index contributed by atoms with van der Waals surface area (Å²) in [4.78, 5) is 25.6. The predicted molar refractivity (Wildman–Crippen MR) is 111 cm³/mol. The molecule has 2 aromatic rings. The molecule has 0 radical (unpaired) electrons. The zero-order chi connectivity index (χ0) is 20.0. The van der Waals surface area contributed by atoms with E-state index in [4.69, 9.17) is 0 Å². The quantitative estimate of drug-likeness (QED) is 0.471. The Morgan fingerprint density at radius 2 is 1.97 bits per heavy atom. The number of carbonyl (C=O) groups is 1. The number of nitro groups is 1. The van der Waals surface area contributed by atoms with Gasteiger partial charge in [-0.25, -0.2) is 0 Å². The minimum Gasteiger partial charge on any atom is -0.378 e. The van der Waals surface area contributed by atoms with Crippen molar-refractivity contribution in [3.05, 3.63) is 81.4 Å². The predicted octanol–water partition coefficient (Wildman–Crippen LogP) is 4.66. The lowest BCUT2D eigenvalue weighted by atomic mass is 9.76. The van der Waals surface area contributed by atoms with Crippen LogP contribution in [0.25, 0.3) is 0 Å². The van der Waals surface area contributed by atoms with Crippen LogP contribution in [-0.2, 0) is 0 Å². The van der Waals surface area contributed by atoms with Gasteiger partial charge in [0.1, 0.15) is 0 Å². The van der Waals surface area contributed by atoms with Crippen LogP contribution in [0, 0.1) is 16.0 Å². The van der Waals surface area contributed by atoms with Crippen LogP contribution in [0.5, 0.6) is 0 Å². The third-order valence-electron chi connectivity index (χ3n) is 6.44. The van der Waals surface area contributed by atoms with E-state index in [1.807, 2.05) is 29.2 Å². The average molecular weight is 389 g/mol. The Labute approximate surface area is 169 Å². The van der Waals surface area contributed by atoms with Crippen LogP contribution in [0.15, 0.2) is 54.6 Å². The molecule has 0 spiro atoms. The molecule has 2 aliphatic heterocycles. The molecular formula is C23H23N3O3. The second-order valence-electron chi connectivity index (χ2n) is 8.13. The van der Waals surface area contributed by atoms with Crippen LogP contribution < -0.4 is 5.32 Å². The summed E-state index contributed by atoms with van der Waals surface area (Å²) in [5, 5.41) is 14.8. The fourth-order valence-electron chi connectivity index (χ4n) is 4.99. The van der Waals surface area contributed by atoms with Gasteiger partial charge in [0, 0.05) is 42.4 Å². The molecule has 1 amide bonds. The molecule has 5 rings (SSSR count). The highest BCUT2D eigenvalue weighted by Gasteiger charge is 2.38. The third-order valence-corrected chi connectivity index (χ3v) is 6.44.